The molecular weight excluding hydrogens is 266 g/mol. The summed E-state index contributed by atoms with van der Waals surface area (Å²) in [6.07, 6.45) is 2.80. The van der Waals surface area contributed by atoms with Gasteiger partial charge in [-0.25, -0.2) is 0 Å². The monoisotopic (exact) mass is 299 g/mol. The number of aliphatic carboxylic acids is 1. The van der Waals surface area contributed by atoms with Crippen LogP contribution in [0.25, 0.3) is 0 Å². The van der Waals surface area contributed by atoms with Crippen molar-refractivity contribution in [1.29, 1.82) is 0 Å². The number of carbonyl (C=O) groups is 1. The zero-order chi connectivity index (χ0) is 16.0. The van der Waals surface area contributed by atoms with Crippen molar-refractivity contribution in [2.24, 2.45) is 23.2 Å². The Balaban J connectivity index is 2.32. The fraction of sp³-hybridized carbons (Fsp3) is 0.941. The van der Waals surface area contributed by atoms with Crippen molar-refractivity contribution in [3.63, 3.8) is 0 Å². The maximum absolute atomic E-state index is 11.4. The fourth-order valence-electron chi connectivity index (χ4n) is 3.26. The second-order valence-corrected chi connectivity index (χ2v) is 7.43. The molecule has 3 unspecified atom stereocenters. The van der Waals surface area contributed by atoms with Crippen LogP contribution in [-0.4, -0.2) is 36.9 Å². The molecule has 0 spiro atoms. The van der Waals surface area contributed by atoms with Crippen LogP contribution >= 0.6 is 0 Å². The number of carboxylic acids is 1. The molecule has 1 saturated carbocycles. The highest BCUT2D eigenvalue weighted by Crippen LogP contribution is 2.44. The lowest BCUT2D eigenvalue weighted by molar-refractivity contribution is -0.150. The molecule has 0 bridgehead atoms. The predicted molar refractivity (Wildman–Crippen MR) is 85.4 cm³/mol. The average Bonchev–Trinajstić information content (AvgIpc) is 2.37. The zero-order valence-electron chi connectivity index (χ0n) is 14.3. The molecular formula is C17H33NO3. The van der Waals surface area contributed by atoms with Crippen LogP contribution in [0.3, 0.4) is 0 Å². The number of carboxylic acid groups (broad SMARTS) is 1. The molecule has 21 heavy (non-hydrogen) atoms. The number of rotatable bonds is 8. The molecule has 0 aliphatic heterocycles. The van der Waals surface area contributed by atoms with Gasteiger partial charge in [-0.1, -0.05) is 34.6 Å². The summed E-state index contributed by atoms with van der Waals surface area (Å²) in [5.74, 6) is 0.156. The molecule has 124 valence electrons. The first-order chi connectivity index (χ1) is 9.76. The molecule has 1 rings (SSSR count). The first-order valence-electron chi connectivity index (χ1n) is 8.30. The Morgan fingerprint density at radius 2 is 2.00 bits per heavy atom. The van der Waals surface area contributed by atoms with E-state index in [1.165, 1.54) is 0 Å². The molecule has 2 N–H and O–H groups in total. The van der Waals surface area contributed by atoms with E-state index >= 15 is 0 Å². The molecule has 1 aliphatic rings. The number of hydrogen-bond donors (Lipinski definition) is 2. The lowest BCUT2D eigenvalue weighted by Gasteiger charge is -2.46. The number of nitrogens with one attached hydrogen (secondary N) is 1. The van der Waals surface area contributed by atoms with Gasteiger partial charge in [-0.05, 0) is 36.5 Å². The van der Waals surface area contributed by atoms with Crippen molar-refractivity contribution in [1.82, 2.24) is 5.32 Å². The van der Waals surface area contributed by atoms with Crippen LogP contribution in [0.4, 0.5) is 0 Å². The van der Waals surface area contributed by atoms with E-state index in [1.807, 2.05) is 0 Å². The summed E-state index contributed by atoms with van der Waals surface area (Å²) < 4.78 is 5.63. The minimum absolute atomic E-state index is 0.166. The normalized spacial score (nSPS) is 28.8. The van der Waals surface area contributed by atoms with Crippen molar-refractivity contribution in [3.05, 3.63) is 0 Å². The van der Waals surface area contributed by atoms with E-state index in [0.29, 0.717) is 17.9 Å². The maximum Gasteiger partial charge on any atom is 0.307 e. The molecule has 1 aliphatic carbocycles. The van der Waals surface area contributed by atoms with Crippen LogP contribution in [0.1, 0.15) is 53.9 Å². The molecule has 4 nitrogen and oxygen atoms in total. The van der Waals surface area contributed by atoms with Gasteiger partial charge < -0.3 is 15.2 Å². The largest absolute Gasteiger partial charge is 0.481 e. The Morgan fingerprint density at radius 3 is 2.57 bits per heavy atom. The third-order valence-electron chi connectivity index (χ3n) is 5.23. The SMILES string of the molecule is CC(C)CCOCCNC1CCC(C(=O)O)C(C)(C)C1C. The van der Waals surface area contributed by atoms with E-state index in [0.717, 1.165) is 39.0 Å². The minimum Gasteiger partial charge on any atom is -0.481 e. The van der Waals surface area contributed by atoms with Crippen molar-refractivity contribution in [2.45, 2.75) is 59.9 Å². The number of hydrogen-bond acceptors (Lipinski definition) is 3. The fourth-order valence-corrected chi connectivity index (χ4v) is 3.26. The molecule has 0 radical (unpaired) electrons. The molecule has 0 amide bonds. The van der Waals surface area contributed by atoms with Gasteiger partial charge in [0.05, 0.1) is 12.5 Å². The summed E-state index contributed by atoms with van der Waals surface area (Å²) in [7, 11) is 0. The Morgan fingerprint density at radius 1 is 1.33 bits per heavy atom. The van der Waals surface area contributed by atoms with Crippen LogP contribution in [0.5, 0.6) is 0 Å². The van der Waals surface area contributed by atoms with Gasteiger partial charge >= 0.3 is 5.97 Å². The topological polar surface area (TPSA) is 58.6 Å². The van der Waals surface area contributed by atoms with Gasteiger partial charge in [-0.2, -0.15) is 0 Å². The zero-order valence-corrected chi connectivity index (χ0v) is 14.3. The van der Waals surface area contributed by atoms with Gasteiger partial charge in [-0.3, -0.25) is 4.79 Å². The summed E-state index contributed by atoms with van der Waals surface area (Å²) in [6, 6.07) is 0.393. The summed E-state index contributed by atoms with van der Waals surface area (Å²) >= 11 is 0. The van der Waals surface area contributed by atoms with Gasteiger partial charge in [0.1, 0.15) is 0 Å². The molecule has 4 heteroatoms. The Hall–Kier alpha value is -0.610. The lowest BCUT2D eigenvalue weighted by atomic mass is 9.61. The smallest absolute Gasteiger partial charge is 0.307 e. The highest BCUT2D eigenvalue weighted by Gasteiger charge is 2.45. The van der Waals surface area contributed by atoms with Crippen LogP contribution in [0.15, 0.2) is 0 Å². The molecule has 3 atom stereocenters. The number of ether oxygens (including phenoxy) is 1. The van der Waals surface area contributed by atoms with E-state index in [9.17, 15) is 9.90 Å². The molecule has 0 saturated heterocycles. The Labute approximate surface area is 129 Å². The second kappa shape index (κ2) is 8.14. The third-order valence-corrected chi connectivity index (χ3v) is 5.23. The minimum atomic E-state index is -0.651. The molecule has 0 heterocycles. The van der Waals surface area contributed by atoms with Crippen LogP contribution < -0.4 is 5.32 Å². The van der Waals surface area contributed by atoms with E-state index in [4.69, 9.17) is 4.74 Å². The molecule has 0 aromatic heterocycles. The summed E-state index contributed by atoms with van der Waals surface area (Å²) in [4.78, 5) is 11.4. The van der Waals surface area contributed by atoms with Gasteiger partial charge in [0.25, 0.3) is 0 Å². The third kappa shape index (κ3) is 5.26. The first-order valence-corrected chi connectivity index (χ1v) is 8.30. The highest BCUT2D eigenvalue weighted by molar-refractivity contribution is 5.71. The quantitative estimate of drug-likeness (QED) is 0.676. The maximum atomic E-state index is 11.4. The average molecular weight is 299 g/mol. The van der Waals surface area contributed by atoms with Crippen molar-refractivity contribution in [3.8, 4) is 0 Å². The van der Waals surface area contributed by atoms with Gasteiger partial charge in [-0.15, -0.1) is 0 Å². The molecule has 0 aromatic carbocycles. The Bertz CT molecular complexity index is 328. The summed E-state index contributed by atoms with van der Waals surface area (Å²) in [5.41, 5.74) is -0.166. The van der Waals surface area contributed by atoms with Gasteiger partial charge in [0.15, 0.2) is 0 Å². The lowest BCUT2D eigenvalue weighted by Crippen LogP contribution is -2.51. The predicted octanol–water partition coefficient (Wildman–Crippen LogP) is 3.16. The van der Waals surface area contributed by atoms with Crippen molar-refractivity contribution < 1.29 is 14.6 Å². The Kier molecular flexibility index (Phi) is 7.14. The first kappa shape index (κ1) is 18.4. The summed E-state index contributed by atoms with van der Waals surface area (Å²) in [5, 5.41) is 12.9. The van der Waals surface area contributed by atoms with Crippen LogP contribution in [0, 0.1) is 23.2 Å². The van der Waals surface area contributed by atoms with Crippen LogP contribution in [-0.2, 0) is 9.53 Å². The van der Waals surface area contributed by atoms with Crippen molar-refractivity contribution >= 4 is 5.97 Å². The standard InChI is InChI=1S/C17H33NO3/c1-12(2)8-10-21-11-9-18-15-7-6-14(16(19)20)17(4,5)13(15)3/h12-15,18H,6-11H2,1-5H3,(H,19,20). The van der Waals surface area contributed by atoms with E-state index in [-0.39, 0.29) is 11.3 Å². The highest BCUT2D eigenvalue weighted by atomic mass is 16.5. The molecule has 1 fully saturated rings. The van der Waals surface area contributed by atoms with Crippen molar-refractivity contribution in [2.75, 3.05) is 19.8 Å². The second-order valence-electron chi connectivity index (χ2n) is 7.43. The van der Waals surface area contributed by atoms with Crippen LogP contribution in [0.2, 0.25) is 0 Å². The molecule has 0 aromatic rings. The summed E-state index contributed by atoms with van der Waals surface area (Å²) in [6.45, 7) is 13.2. The van der Waals surface area contributed by atoms with E-state index in [2.05, 4.69) is 39.9 Å². The van der Waals surface area contributed by atoms with Gasteiger partial charge in [0, 0.05) is 19.2 Å². The van der Waals surface area contributed by atoms with E-state index in [1.54, 1.807) is 0 Å². The van der Waals surface area contributed by atoms with Gasteiger partial charge in [0.2, 0.25) is 0 Å². The van der Waals surface area contributed by atoms with E-state index < -0.39 is 5.97 Å².